The fourth-order valence-corrected chi connectivity index (χ4v) is 9.45. The summed E-state index contributed by atoms with van der Waals surface area (Å²) < 4.78 is 66.3. The number of carbonyl (C=O) groups is 1. The fourth-order valence-electron chi connectivity index (χ4n) is 7.44. The van der Waals surface area contributed by atoms with Crippen LogP contribution in [0, 0.1) is 11.8 Å². The van der Waals surface area contributed by atoms with Crippen LogP contribution in [0.15, 0.2) is 0 Å². The quantitative estimate of drug-likeness (QED) is 0.405. The summed E-state index contributed by atoms with van der Waals surface area (Å²) >= 11 is 6.33. The molecule has 0 radical (unpaired) electrons. The average molecular weight is 556 g/mol. The summed E-state index contributed by atoms with van der Waals surface area (Å²) in [4.78, 5) is 16.2. The van der Waals surface area contributed by atoms with Crippen LogP contribution in [-0.2, 0) is 14.6 Å². The highest BCUT2D eigenvalue weighted by molar-refractivity contribution is 7.91. The lowest BCUT2D eigenvalue weighted by Gasteiger charge is -2.53. The van der Waals surface area contributed by atoms with Gasteiger partial charge in [0.15, 0.2) is 9.84 Å². The van der Waals surface area contributed by atoms with Gasteiger partial charge in [-0.1, -0.05) is 0 Å². The van der Waals surface area contributed by atoms with E-state index in [4.69, 9.17) is 11.6 Å². The van der Waals surface area contributed by atoms with Crippen LogP contribution in [-0.4, -0.2) is 103 Å². The number of hydrogen-bond donors (Lipinski definition) is 2. The van der Waals surface area contributed by atoms with Gasteiger partial charge < -0.3 is 4.90 Å². The van der Waals surface area contributed by atoms with Gasteiger partial charge in [-0.05, 0) is 57.4 Å². The van der Waals surface area contributed by atoms with Crippen LogP contribution in [0.25, 0.3) is 0 Å². The molecule has 0 spiro atoms. The van der Waals surface area contributed by atoms with E-state index in [1.54, 1.807) is 0 Å². The van der Waals surface area contributed by atoms with Crippen molar-refractivity contribution in [3.8, 4) is 0 Å². The van der Waals surface area contributed by atoms with E-state index >= 15 is 0 Å². The number of hydrazine groups is 1. The van der Waals surface area contributed by atoms with Crippen molar-refractivity contribution >= 4 is 27.3 Å². The molecule has 5 rings (SSSR count). The van der Waals surface area contributed by atoms with E-state index in [-0.39, 0.29) is 41.7 Å². The topological polar surface area (TPSA) is 85.0 Å². The Morgan fingerprint density at radius 2 is 1.83 bits per heavy atom. The van der Waals surface area contributed by atoms with Crippen molar-refractivity contribution in [3.05, 3.63) is 0 Å². The summed E-state index contributed by atoms with van der Waals surface area (Å²) in [5.74, 6) is -2.74. The molecule has 2 N–H and O–H groups in total. The molecule has 1 amide bonds. The first-order valence-corrected chi connectivity index (χ1v) is 15.4. The molecule has 206 valence electrons. The van der Waals surface area contributed by atoms with Crippen LogP contribution in [0.4, 0.5) is 13.2 Å². The molecule has 4 heterocycles. The van der Waals surface area contributed by atoms with Crippen LogP contribution >= 0.6 is 11.6 Å². The minimum absolute atomic E-state index is 0.0876. The largest absolute Gasteiger partial charge is 0.409 e. The molecule has 8 nitrogen and oxygen atoms in total. The predicted octanol–water partition coefficient (Wildman–Crippen LogP) is 1.91. The monoisotopic (exact) mass is 555 g/mol. The minimum atomic E-state index is -4.56. The van der Waals surface area contributed by atoms with E-state index in [9.17, 15) is 26.4 Å². The highest BCUT2D eigenvalue weighted by Crippen LogP contribution is 2.41. The van der Waals surface area contributed by atoms with Gasteiger partial charge in [-0.2, -0.15) is 13.2 Å². The summed E-state index contributed by atoms with van der Waals surface area (Å²) in [7, 11) is -2.15. The number of nitrogens with zero attached hydrogens (tertiary/aromatic N) is 3. The van der Waals surface area contributed by atoms with Gasteiger partial charge in [0, 0.05) is 38.1 Å². The van der Waals surface area contributed by atoms with Crippen LogP contribution in [0.5, 0.6) is 0 Å². The lowest BCUT2D eigenvalue weighted by atomic mass is 9.78. The van der Waals surface area contributed by atoms with E-state index in [1.165, 1.54) is 7.05 Å². The maximum absolute atomic E-state index is 14.2. The second-order valence-electron chi connectivity index (χ2n) is 11.3. The van der Waals surface area contributed by atoms with Crippen LogP contribution < -0.4 is 10.7 Å². The Morgan fingerprint density at radius 1 is 1.11 bits per heavy atom. The highest BCUT2D eigenvalue weighted by atomic mass is 35.5. The molecule has 5 aliphatic rings. The highest BCUT2D eigenvalue weighted by Gasteiger charge is 2.52. The SMILES string of the molecule is CN(C(=O)[C@@H]1CCS(=O)(=O)C1)[C@@H](C1CCC(N2CCCC3C2CNC2CC(Cl)NN23)CC1)C(F)(F)F. The molecule has 4 aliphatic heterocycles. The van der Waals surface area contributed by atoms with Crippen molar-refractivity contribution in [2.45, 2.75) is 93.4 Å². The summed E-state index contributed by atoms with van der Waals surface area (Å²) in [5.41, 5.74) is 3.29. The number of likely N-dealkylation sites (tertiary alicyclic amines) is 1. The van der Waals surface area contributed by atoms with Crippen LogP contribution in [0.1, 0.15) is 51.4 Å². The molecule has 1 saturated carbocycles. The first-order chi connectivity index (χ1) is 16.9. The summed E-state index contributed by atoms with van der Waals surface area (Å²) in [6.07, 6.45) is 0.842. The molecular formula is C23H37ClF3N5O3S. The van der Waals surface area contributed by atoms with Gasteiger partial charge in [0.25, 0.3) is 0 Å². The number of amides is 1. The Morgan fingerprint density at radius 3 is 2.47 bits per heavy atom. The predicted molar refractivity (Wildman–Crippen MR) is 130 cm³/mol. The van der Waals surface area contributed by atoms with Gasteiger partial charge in [-0.15, -0.1) is 11.6 Å². The molecule has 6 atom stereocenters. The van der Waals surface area contributed by atoms with Crippen molar-refractivity contribution in [1.29, 1.82) is 0 Å². The number of piperidine rings is 1. The van der Waals surface area contributed by atoms with Gasteiger partial charge in [0.1, 0.15) is 6.04 Å². The maximum atomic E-state index is 14.2. The first-order valence-electron chi connectivity index (χ1n) is 13.2. The molecule has 5 fully saturated rings. The number of halogens is 4. The van der Waals surface area contributed by atoms with Gasteiger partial charge in [-0.3, -0.25) is 15.0 Å². The molecular weight excluding hydrogens is 519 g/mol. The lowest BCUT2D eigenvalue weighted by Crippen LogP contribution is -2.70. The zero-order chi connectivity index (χ0) is 25.8. The Balaban J connectivity index is 1.23. The number of sulfone groups is 1. The van der Waals surface area contributed by atoms with Crippen molar-refractivity contribution < 1.29 is 26.4 Å². The molecule has 1 aliphatic carbocycles. The van der Waals surface area contributed by atoms with Crippen LogP contribution in [0.2, 0.25) is 0 Å². The first kappa shape index (κ1) is 26.9. The second-order valence-corrected chi connectivity index (χ2v) is 14.0. The van der Waals surface area contributed by atoms with Gasteiger partial charge >= 0.3 is 6.18 Å². The zero-order valence-corrected chi connectivity index (χ0v) is 22.2. The number of carbonyl (C=O) groups excluding carboxylic acids is 1. The van der Waals surface area contributed by atoms with Crippen molar-refractivity contribution in [2.75, 3.05) is 31.6 Å². The minimum Gasteiger partial charge on any atom is -0.333 e. The van der Waals surface area contributed by atoms with Crippen molar-refractivity contribution in [3.63, 3.8) is 0 Å². The number of alkyl halides is 4. The van der Waals surface area contributed by atoms with E-state index in [2.05, 4.69) is 20.7 Å². The number of hydrogen-bond acceptors (Lipinski definition) is 7. The van der Waals surface area contributed by atoms with Gasteiger partial charge in [0.2, 0.25) is 5.91 Å². The molecule has 4 saturated heterocycles. The third-order valence-electron chi connectivity index (χ3n) is 9.10. The number of fused-ring (bicyclic) bond motifs is 3. The molecule has 0 aromatic carbocycles. The van der Waals surface area contributed by atoms with E-state index in [0.29, 0.717) is 31.7 Å². The molecule has 4 unspecified atom stereocenters. The Bertz CT molecular complexity index is 932. The van der Waals surface area contributed by atoms with Gasteiger partial charge in [-0.25, -0.2) is 18.9 Å². The third kappa shape index (κ3) is 5.27. The van der Waals surface area contributed by atoms with Crippen molar-refractivity contribution in [2.24, 2.45) is 11.8 Å². The normalized spacial score (nSPS) is 40.4. The van der Waals surface area contributed by atoms with Gasteiger partial charge in [0.05, 0.1) is 29.1 Å². The fraction of sp³-hybridized carbons (Fsp3) is 0.957. The molecule has 0 aromatic heterocycles. The number of nitrogens with one attached hydrogen (secondary N) is 2. The molecule has 36 heavy (non-hydrogen) atoms. The maximum Gasteiger partial charge on any atom is 0.409 e. The summed E-state index contributed by atoms with van der Waals surface area (Å²) in [6, 6.07) is -1.04. The number of rotatable bonds is 4. The molecule has 13 heteroatoms. The summed E-state index contributed by atoms with van der Waals surface area (Å²) in [6.45, 7) is 1.79. The Hall–Kier alpha value is -0.660. The van der Waals surface area contributed by atoms with E-state index in [1.807, 2.05) is 0 Å². The lowest BCUT2D eigenvalue weighted by molar-refractivity contribution is -0.202. The van der Waals surface area contributed by atoms with E-state index < -0.39 is 39.8 Å². The van der Waals surface area contributed by atoms with Crippen molar-refractivity contribution in [1.82, 2.24) is 25.6 Å². The van der Waals surface area contributed by atoms with E-state index in [0.717, 1.165) is 37.3 Å². The Kier molecular flexibility index (Phi) is 7.59. The smallest absolute Gasteiger partial charge is 0.333 e. The van der Waals surface area contributed by atoms with Crippen LogP contribution in [0.3, 0.4) is 0 Å². The summed E-state index contributed by atoms with van der Waals surface area (Å²) in [5, 5.41) is 5.85. The zero-order valence-electron chi connectivity index (χ0n) is 20.6. The molecule has 0 aromatic rings. The Labute approximate surface area is 216 Å². The second kappa shape index (κ2) is 10.1. The standard InChI is InChI=1S/C23H37ClF3N5O3S/c1-30(22(33)15-8-10-36(34,35)13-15)21(23(25,26)27)14-4-6-16(7-5-14)31-9-2-3-17-18(31)12-28-20-11-19(24)29-32(17)20/h14-21,28-29H,2-13H2,1H3/t14?,15-,16?,17?,18?,19?,20?,21+/m1/s1. The molecule has 0 bridgehead atoms. The average Bonchev–Trinajstić information content (AvgIpc) is 3.38. The third-order valence-corrected chi connectivity index (χ3v) is 11.1.